The van der Waals surface area contributed by atoms with Crippen molar-refractivity contribution < 1.29 is 42.7 Å². The zero-order chi connectivity index (χ0) is 47.8. The molecular formula is C58H63NO9. The van der Waals surface area contributed by atoms with Crippen molar-refractivity contribution >= 4 is 11.9 Å². The number of rotatable bonds is 28. The molecule has 68 heavy (non-hydrogen) atoms. The zero-order valence-corrected chi connectivity index (χ0v) is 39.6. The number of nitrogens with zero attached hydrogens (tertiary/aromatic N) is 1. The Labute approximate surface area is 401 Å². The summed E-state index contributed by atoms with van der Waals surface area (Å²) in [5, 5.41) is 9.01. The molecule has 10 nitrogen and oxygen atoms in total. The molecule has 0 aliphatic heterocycles. The average Bonchev–Trinajstić information content (AvgIpc) is 3.37. The number of carbonyl (C=O) groups is 2. The second-order valence-electron chi connectivity index (χ2n) is 16.4. The maximum atomic E-state index is 13.5. The van der Waals surface area contributed by atoms with Crippen molar-refractivity contribution in [2.75, 3.05) is 33.0 Å². The van der Waals surface area contributed by atoms with Crippen LogP contribution in [0, 0.1) is 11.3 Å². The Kier molecular flexibility index (Phi) is 20.2. The lowest BCUT2D eigenvalue weighted by atomic mass is 10.0. The molecule has 0 saturated carbocycles. The van der Waals surface area contributed by atoms with Crippen LogP contribution in [0.25, 0.3) is 22.3 Å². The minimum atomic E-state index is -0.533. The molecule has 0 amide bonds. The van der Waals surface area contributed by atoms with Gasteiger partial charge in [0.1, 0.15) is 23.0 Å². The van der Waals surface area contributed by atoms with Crippen LogP contribution in [0.2, 0.25) is 0 Å². The summed E-state index contributed by atoms with van der Waals surface area (Å²) >= 11 is 0. The van der Waals surface area contributed by atoms with Crippen LogP contribution in [-0.4, -0.2) is 45.0 Å². The second kappa shape index (κ2) is 27.4. The van der Waals surface area contributed by atoms with E-state index in [2.05, 4.69) is 26.8 Å². The lowest BCUT2D eigenvalue weighted by Crippen LogP contribution is -2.12. The Hall–Kier alpha value is -7.25. The highest BCUT2D eigenvalue weighted by Crippen LogP contribution is 2.40. The summed E-state index contributed by atoms with van der Waals surface area (Å²) in [5.74, 6) is 2.83. The Balaban J connectivity index is 0.902. The molecule has 0 aliphatic carbocycles. The monoisotopic (exact) mass is 917 g/mol. The van der Waals surface area contributed by atoms with E-state index in [1.165, 1.54) is 0 Å². The fourth-order valence-corrected chi connectivity index (χ4v) is 7.07. The van der Waals surface area contributed by atoms with Crippen molar-refractivity contribution in [3.63, 3.8) is 0 Å². The maximum Gasteiger partial charge on any atom is 0.343 e. The van der Waals surface area contributed by atoms with Gasteiger partial charge in [0.05, 0.1) is 55.8 Å². The van der Waals surface area contributed by atoms with Crippen LogP contribution in [0.5, 0.6) is 40.2 Å². The molecule has 0 saturated heterocycles. The molecule has 10 heteroatoms. The largest absolute Gasteiger partial charge is 0.494 e. The first kappa shape index (κ1) is 50.2. The summed E-state index contributed by atoms with van der Waals surface area (Å²) in [6.07, 6.45) is 10.7. The Morgan fingerprint density at radius 1 is 0.397 bits per heavy atom. The first-order chi connectivity index (χ1) is 33.4. The van der Waals surface area contributed by atoms with Gasteiger partial charge in [-0.2, -0.15) is 5.26 Å². The molecule has 6 aromatic carbocycles. The highest BCUT2D eigenvalue weighted by Gasteiger charge is 2.21. The molecule has 0 unspecified atom stereocenters. The Morgan fingerprint density at radius 3 is 1.18 bits per heavy atom. The molecule has 0 spiro atoms. The van der Waals surface area contributed by atoms with Gasteiger partial charge in [0.2, 0.25) is 5.75 Å². The predicted octanol–water partition coefficient (Wildman–Crippen LogP) is 14.3. The van der Waals surface area contributed by atoms with E-state index in [1.54, 1.807) is 60.7 Å². The second-order valence-corrected chi connectivity index (χ2v) is 16.4. The number of ether oxygens (including phenoxy) is 7. The molecule has 0 fully saturated rings. The number of carbonyl (C=O) groups excluding carboxylic acids is 2. The minimum absolute atomic E-state index is 0.308. The lowest BCUT2D eigenvalue weighted by Gasteiger charge is -2.18. The van der Waals surface area contributed by atoms with E-state index in [1.807, 2.05) is 72.8 Å². The van der Waals surface area contributed by atoms with Crippen molar-refractivity contribution in [3.05, 3.63) is 150 Å². The topological polar surface area (TPSA) is 123 Å². The molecule has 0 radical (unpaired) electrons. The van der Waals surface area contributed by atoms with E-state index >= 15 is 0 Å². The Morgan fingerprint density at radius 2 is 0.750 bits per heavy atom. The van der Waals surface area contributed by atoms with Crippen LogP contribution < -0.4 is 33.2 Å². The normalized spacial score (nSPS) is 10.7. The lowest BCUT2D eigenvalue weighted by molar-refractivity contribution is 0.0724. The minimum Gasteiger partial charge on any atom is -0.494 e. The number of hydrogen-bond acceptors (Lipinski definition) is 10. The highest BCUT2D eigenvalue weighted by atomic mass is 16.6. The van der Waals surface area contributed by atoms with Gasteiger partial charge in [-0.1, -0.05) is 108 Å². The molecule has 0 heterocycles. The van der Waals surface area contributed by atoms with E-state index in [4.69, 9.17) is 38.4 Å². The summed E-state index contributed by atoms with van der Waals surface area (Å²) in [4.78, 5) is 26.5. The molecule has 0 atom stereocenters. The zero-order valence-electron chi connectivity index (χ0n) is 39.6. The average molecular weight is 918 g/mol. The van der Waals surface area contributed by atoms with Gasteiger partial charge >= 0.3 is 11.9 Å². The van der Waals surface area contributed by atoms with Gasteiger partial charge in [-0.05, 0) is 139 Å². The van der Waals surface area contributed by atoms with E-state index in [9.17, 15) is 9.59 Å². The van der Waals surface area contributed by atoms with Crippen LogP contribution in [0.1, 0.15) is 118 Å². The SMILES string of the molecule is CCCCOc1cc(C(=O)Oc2ccc(-c3ccc(OC(=O)c4ccc(OCCCCCCCOc5ccc(-c6ccc(C#N)cc6)cc5)cc4)cc3)cc2)cc(OCCCC)c1OCCCC. The summed E-state index contributed by atoms with van der Waals surface area (Å²) < 4.78 is 41.7. The number of nitriles is 1. The highest BCUT2D eigenvalue weighted by molar-refractivity contribution is 5.93. The number of hydrogen-bond donors (Lipinski definition) is 0. The third-order valence-electron chi connectivity index (χ3n) is 11.1. The van der Waals surface area contributed by atoms with Gasteiger partial charge < -0.3 is 33.2 Å². The smallest absolute Gasteiger partial charge is 0.343 e. The van der Waals surface area contributed by atoms with Crippen molar-refractivity contribution in [1.82, 2.24) is 0 Å². The molecule has 0 aliphatic rings. The van der Waals surface area contributed by atoms with E-state index in [0.717, 1.165) is 98.6 Å². The first-order valence-corrected chi connectivity index (χ1v) is 24.0. The van der Waals surface area contributed by atoms with Gasteiger partial charge in [-0.15, -0.1) is 0 Å². The van der Waals surface area contributed by atoms with Gasteiger partial charge in [0.15, 0.2) is 11.5 Å². The van der Waals surface area contributed by atoms with Crippen LogP contribution in [0.4, 0.5) is 0 Å². The molecule has 6 aromatic rings. The quantitative estimate of drug-likeness (QED) is 0.0267. The number of esters is 2. The van der Waals surface area contributed by atoms with Crippen molar-refractivity contribution in [2.45, 2.75) is 91.4 Å². The maximum absolute atomic E-state index is 13.5. The number of benzene rings is 6. The molecule has 0 N–H and O–H groups in total. The van der Waals surface area contributed by atoms with Gasteiger partial charge in [-0.25, -0.2) is 9.59 Å². The molecule has 0 aromatic heterocycles. The summed E-state index contributed by atoms with van der Waals surface area (Å²) in [7, 11) is 0. The van der Waals surface area contributed by atoms with Crippen LogP contribution in [0.15, 0.2) is 133 Å². The van der Waals surface area contributed by atoms with Crippen molar-refractivity contribution in [2.24, 2.45) is 0 Å². The van der Waals surface area contributed by atoms with E-state index in [-0.39, 0.29) is 0 Å². The first-order valence-electron chi connectivity index (χ1n) is 24.0. The van der Waals surface area contributed by atoms with Crippen LogP contribution >= 0.6 is 0 Å². The van der Waals surface area contributed by atoms with Gasteiger partial charge in [-0.3, -0.25) is 0 Å². The van der Waals surface area contributed by atoms with Gasteiger partial charge in [0.25, 0.3) is 0 Å². The van der Waals surface area contributed by atoms with Gasteiger partial charge in [0, 0.05) is 0 Å². The third-order valence-corrected chi connectivity index (χ3v) is 11.1. The Bertz CT molecular complexity index is 2460. The van der Waals surface area contributed by atoms with Crippen LogP contribution in [-0.2, 0) is 0 Å². The molecule has 0 bridgehead atoms. The summed E-state index contributed by atoms with van der Waals surface area (Å²) in [6, 6.07) is 42.6. The van der Waals surface area contributed by atoms with Crippen molar-refractivity contribution in [1.29, 1.82) is 5.26 Å². The molecular weight excluding hydrogens is 855 g/mol. The summed E-state index contributed by atoms with van der Waals surface area (Å²) in [6.45, 7) is 9.07. The van der Waals surface area contributed by atoms with E-state index in [0.29, 0.717) is 84.2 Å². The van der Waals surface area contributed by atoms with Crippen LogP contribution in [0.3, 0.4) is 0 Å². The molecule has 6 rings (SSSR count). The van der Waals surface area contributed by atoms with E-state index < -0.39 is 11.9 Å². The molecule has 354 valence electrons. The predicted molar refractivity (Wildman–Crippen MR) is 267 cm³/mol. The third kappa shape index (κ3) is 15.7. The number of unbranched alkanes of at least 4 members (excludes halogenated alkanes) is 7. The standard InChI is InChI=1S/C58H63NO9/c1-4-7-35-64-54-40-49(41-55(65-36-8-5-2)56(54)66-37-9-6-3)58(61)68-53-33-23-47(24-34-53)46-21-31-52(32-22-46)67-57(60)48-25-29-51(30-26-48)63-39-14-12-10-11-13-38-62-50-27-19-45(20-28-50)44-17-15-43(42-59)16-18-44/h15-34,40-41H,4-14,35-39H2,1-3H3. The summed E-state index contributed by atoms with van der Waals surface area (Å²) in [5.41, 5.74) is 5.34. The fraction of sp³-hybridized carbons (Fsp3) is 0.328. The fourth-order valence-electron chi connectivity index (χ4n) is 7.07. The van der Waals surface area contributed by atoms with Crippen molar-refractivity contribution in [3.8, 4) is 68.6 Å².